The predicted molar refractivity (Wildman–Crippen MR) is 119 cm³/mol. The number of hydrogen-bond donors (Lipinski definition) is 1. The van der Waals surface area contributed by atoms with Crippen molar-refractivity contribution < 1.29 is 6.58 Å². The lowest BCUT2D eigenvalue weighted by Gasteiger charge is -2.02. The van der Waals surface area contributed by atoms with Crippen LogP contribution in [0.2, 0.25) is 0 Å². The quantitative estimate of drug-likeness (QED) is 0.411. The molecule has 0 saturated heterocycles. The Hall–Kier alpha value is -3.86. The standard InChI is InChI=1S/C24H20N4O/c1-3-16-11-23-14-19-6-5-17(25-19)12-21-9-10-22(28(21)29)13-18-7-8-20(26-18)15-24(16)27(23)4-2/h3,5-15,29H,1,4H2,2H3/i11D. The molecule has 0 unspecified atom stereocenters. The summed E-state index contributed by atoms with van der Waals surface area (Å²) in [6.07, 6.45) is 9.37. The van der Waals surface area contributed by atoms with Gasteiger partial charge in [-0.05, 0) is 79.2 Å². The highest BCUT2D eigenvalue weighted by Crippen LogP contribution is 2.23. The van der Waals surface area contributed by atoms with Crippen molar-refractivity contribution in [1.29, 1.82) is 0 Å². The van der Waals surface area contributed by atoms with Crippen molar-refractivity contribution in [3.05, 3.63) is 77.4 Å². The summed E-state index contributed by atoms with van der Waals surface area (Å²) < 4.78 is 11.9. The summed E-state index contributed by atoms with van der Waals surface area (Å²) in [5, 5.41) is 10.5. The molecule has 142 valence electrons. The molecule has 0 amide bonds. The lowest BCUT2D eigenvalue weighted by Crippen LogP contribution is -1.93. The van der Waals surface area contributed by atoms with Gasteiger partial charge in [0.05, 0.1) is 40.7 Å². The zero-order chi connectivity index (χ0) is 20.8. The Labute approximate surface area is 169 Å². The second-order valence-corrected chi connectivity index (χ2v) is 6.92. The highest BCUT2D eigenvalue weighted by Gasteiger charge is 2.08. The summed E-state index contributed by atoms with van der Waals surface area (Å²) in [6.45, 7) is 6.68. The molecule has 0 atom stereocenters. The topological polar surface area (TPSA) is 55.9 Å². The van der Waals surface area contributed by atoms with Gasteiger partial charge in [-0.1, -0.05) is 12.7 Å². The van der Waals surface area contributed by atoms with Crippen LogP contribution < -0.4 is 0 Å². The number of aromatic nitrogens is 4. The summed E-state index contributed by atoms with van der Waals surface area (Å²) in [5.74, 6) is 0. The minimum absolute atomic E-state index is 0.419. The fourth-order valence-electron chi connectivity index (χ4n) is 3.68. The van der Waals surface area contributed by atoms with Crippen molar-refractivity contribution in [2.45, 2.75) is 13.5 Å². The second-order valence-electron chi connectivity index (χ2n) is 6.92. The molecule has 3 aromatic rings. The smallest absolute Gasteiger partial charge is 0.0821 e. The Balaban J connectivity index is 1.97. The van der Waals surface area contributed by atoms with Crippen LogP contribution >= 0.6 is 0 Å². The zero-order valence-electron chi connectivity index (χ0n) is 17.0. The van der Waals surface area contributed by atoms with Crippen molar-refractivity contribution in [1.82, 2.24) is 19.3 Å². The normalized spacial score (nSPS) is 12.9. The zero-order valence-corrected chi connectivity index (χ0v) is 16.0. The minimum Gasteiger partial charge on any atom is -0.428 e. The number of nitrogens with zero attached hydrogens (tertiary/aromatic N) is 4. The van der Waals surface area contributed by atoms with Crippen LogP contribution in [0.3, 0.4) is 0 Å². The van der Waals surface area contributed by atoms with Gasteiger partial charge in [-0.15, -0.1) is 0 Å². The van der Waals surface area contributed by atoms with Crippen LogP contribution in [0.4, 0.5) is 0 Å². The largest absolute Gasteiger partial charge is 0.428 e. The molecular weight excluding hydrogens is 360 g/mol. The molecule has 2 aliphatic heterocycles. The van der Waals surface area contributed by atoms with Crippen LogP contribution in [0, 0.1) is 0 Å². The third-order valence-electron chi connectivity index (χ3n) is 5.08. The molecule has 2 aliphatic rings. The maximum Gasteiger partial charge on any atom is 0.0821 e. The monoisotopic (exact) mass is 381 g/mol. The van der Waals surface area contributed by atoms with Crippen molar-refractivity contribution >= 4 is 52.4 Å². The van der Waals surface area contributed by atoms with E-state index >= 15 is 0 Å². The molecule has 0 spiro atoms. The Morgan fingerprint density at radius 2 is 1.45 bits per heavy atom. The molecule has 5 heteroatoms. The Morgan fingerprint density at radius 1 is 0.931 bits per heavy atom. The van der Waals surface area contributed by atoms with E-state index in [9.17, 15) is 5.21 Å². The van der Waals surface area contributed by atoms with Gasteiger partial charge in [-0.3, -0.25) is 0 Å². The highest BCUT2D eigenvalue weighted by atomic mass is 16.5. The van der Waals surface area contributed by atoms with Crippen LogP contribution in [-0.4, -0.2) is 24.5 Å². The third kappa shape index (κ3) is 2.97. The fourth-order valence-corrected chi connectivity index (χ4v) is 3.68. The van der Waals surface area contributed by atoms with Crippen LogP contribution in [-0.2, 0) is 6.54 Å². The molecule has 8 bridgehead atoms. The van der Waals surface area contributed by atoms with E-state index in [1.807, 2.05) is 60.7 Å². The van der Waals surface area contributed by atoms with Gasteiger partial charge in [0.1, 0.15) is 0 Å². The van der Waals surface area contributed by atoms with E-state index in [1.165, 1.54) is 0 Å². The van der Waals surface area contributed by atoms with Gasteiger partial charge in [-0.25, -0.2) is 9.97 Å². The second kappa shape index (κ2) is 6.63. The first-order valence-electron chi connectivity index (χ1n) is 10.0. The molecule has 5 nitrogen and oxygen atoms in total. The van der Waals surface area contributed by atoms with Gasteiger partial charge in [0.2, 0.25) is 0 Å². The first-order chi connectivity index (χ1) is 14.6. The van der Waals surface area contributed by atoms with Crippen molar-refractivity contribution in [3.8, 4) is 0 Å². The van der Waals surface area contributed by atoms with E-state index in [2.05, 4.69) is 28.0 Å². The Bertz CT molecular complexity index is 1420. The molecule has 0 aromatic carbocycles. The molecule has 3 aromatic heterocycles. The molecule has 0 radical (unpaired) electrons. The summed E-state index contributed by atoms with van der Waals surface area (Å²) in [7, 11) is 0. The summed E-state index contributed by atoms with van der Waals surface area (Å²) in [6, 6.07) is 11.6. The molecule has 0 saturated carbocycles. The van der Waals surface area contributed by atoms with Crippen LogP contribution in [0.5, 0.6) is 0 Å². The number of fused-ring (bicyclic) bond motifs is 8. The summed E-state index contributed by atoms with van der Waals surface area (Å²) >= 11 is 0. The third-order valence-corrected chi connectivity index (χ3v) is 5.08. The van der Waals surface area contributed by atoms with Crippen molar-refractivity contribution in [3.63, 3.8) is 0 Å². The van der Waals surface area contributed by atoms with Gasteiger partial charge < -0.3 is 9.77 Å². The highest BCUT2D eigenvalue weighted by molar-refractivity contribution is 5.82. The SMILES string of the molecule is [2H]c1c(C=C)c2cc3nc(cc4ccc(cc5nc(cc1n2CC)C=C5)n4O)C=C3. The molecule has 0 fully saturated rings. The summed E-state index contributed by atoms with van der Waals surface area (Å²) in [4.78, 5) is 9.30. The van der Waals surface area contributed by atoms with Gasteiger partial charge >= 0.3 is 0 Å². The van der Waals surface area contributed by atoms with Crippen molar-refractivity contribution in [2.75, 3.05) is 0 Å². The lowest BCUT2D eigenvalue weighted by atomic mass is 10.2. The van der Waals surface area contributed by atoms with E-state index in [1.54, 1.807) is 6.08 Å². The van der Waals surface area contributed by atoms with Gasteiger partial charge in [0, 0.05) is 12.1 Å². The van der Waals surface area contributed by atoms with Gasteiger partial charge in [-0.2, -0.15) is 4.73 Å². The molecular formula is C24H20N4O. The molecule has 29 heavy (non-hydrogen) atoms. The van der Waals surface area contributed by atoms with E-state index in [4.69, 9.17) is 1.37 Å². The average molecular weight is 381 g/mol. The van der Waals surface area contributed by atoms with E-state index < -0.39 is 0 Å². The average Bonchev–Trinajstić information content (AvgIpc) is 3.49. The maximum atomic E-state index is 10.5. The molecule has 0 aliphatic carbocycles. The van der Waals surface area contributed by atoms with Crippen LogP contribution in [0.1, 0.15) is 36.6 Å². The number of rotatable bonds is 2. The number of aryl methyl sites for hydroxylation is 1. The first kappa shape index (κ1) is 16.1. The molecule has 5 heterocycles. The van der Waals surface area contributed by atoms with Crippen LogP contribution in [0.25, 0.3) is 52.4 Å². The van der Waals surface area contributed by atoms with Crippen LogP contribution in [0.15, 0.2) is 49.0 Å². The molecule has 1 N–H and O–H groups in total. The van der Waals surface area contributed by atoms with E-state index in [-0.39, 0.29) is 0 Å². The Kier molecular flexibility index (Phi) is 3.69. The van der Waals surface area contributed by atoms with E-state index in [0.717, 1.165) is 44.1 Å². The maximum absolute atomic E-state index is 10.5. The van der Waals surface area contributed by atoms with Crippen molar-refractivity contribution in [2.24, 2.45) is 0 Å². The minimum atomic E-state index is 0.419. The lowest BCUT2D eigenvalue weighted by molar-refractivity contribution is 0.212. The number of hydrogen-bond acceptors (Lipinski definition) is 3. The molecule has 5 rings (SSSR count). The fraction of sp³-hybridized carbons (Fsp3) is 0.0833. The van der Waals surface area contributed by atoms with Gasteiger partial charge in [0.25, 0.3) is 0 Å². The first-order valence-corrected chi connectivity index (χ1v) is 9.50. The van der Waals surface area contributed by atoms with Gasteiger partial charge in [0.15, 0.2) is 0 Å². The van der Waals surface area contributed by atoms with E-state index in [0.29, 0.717) is 23.6 Å². The Morgan fingerprint density at radius 3 is 1.97 bits per heavy atom. The summed E-state index contributed by atoms with van der Waals surface area (Å²) in [5.41, 5.74) is 6.73. The predicted octanol–water partition coefficient (Wildman–Crippen LogP) is 5.50.